The first-order chi connectivity index (χ1) is 19.5. The molecular weight excluding hydrogens is 554 g/mol. The minimum Gasteiger partial charge on any atom is -0.510 e. The third kappa shape index (κ3) is 4.62. The first-order valence-electron chi connectivity index (χ1n) is 13.9. The van der Waals surface area contributed by atoms with Crippen molar-refractivity contribution in [3.8, 4) is 5.75 Å². The van der Waals surface area contributed by atoms with Gasteiger partial charge in [-0.05, 0) is 50.4 Å². The van der Waals surface area contributed by atoms with Gasteiger partial charge in [0.2, 0.25) is 5.79 Å². The number of piperidine rings is 1. The molecule has 3 aliphatic carbocycles. The molecule has 0 bridgehead atoms. The average molecular weight is 593 g/mol. The van der Waals surface area contributed by atoms with E-state index < -0.39 is 64.3 Å². The van der Waals surface area contributed by atoms with E-state index in [4.69, 9.17) is 5.73 Å². The zero-order chi connectivity index (χ0) is 31.0. The van der Waals surface area contributed by atoms with Crippen LogP contribution in [-0.2, 0) is 22.6 Å². The van der Waals surface area contributed by atoms with E-state index in [1.165, 1.54) is 0 Å². The van der Waals surface area contributed by atoms with Crippen molar-refractivity contribution in [1.82, 2.24) is 9.80 Å². The largest absolute Gasteiger partial charge is 0.510 e. The van der Waals surface area contributed by atoms with Gasteiger partial charge >= 0.3 is 0 Å². The molecule has 1 saturated heterocycles. The molecule has 1 amide bonds. The lowest BCUT2D eigenvalue weighted by Gasteiger charge is -2.51. The number of carbonyl (C=O) groups excluding carboxylic acids is 2. The van der Waals surface area contributed by atoms with Crippen LogP contribution in [0.2, 0.25) is 0 Å². The van der Waals surface area contributed by atoms with Crippen molar-refractivity contribution in [3.63, 3.8) is 0 Å². The van der Waals surface area contributed by atoms with Crippen molar-refractivity contribution in [3.05, 3.63) is 39.7 Å². The van der Waals surface area contributed by atoms with Gasteiger partial charge in [0.15, 0.2) is 5.78 Å². The summed E-state index contributed by atoms with van der Waals surface area (Å²) < 4.78 is 27.5. The topological polar surface area (TPSA) is 171 Å². The number of nitrogens with two attached hydrogens (primary N) is 1. The predicted molar refractivity (Wildman–Crippen MR) is 149 cm³/mol. The van der Waals surface area contributed by atoms with E-state index in [1.807, 2.05) is 0 Å². The number of likely N-dealkylation sites (tertiary alicyclic amines) is 1. The number of phenols is 1. The number of amides is 1. The second-order valence-electron chi connectivity index (χ2n) is 12.4. The third-order valence-corrected chi connectivity index (χ3v) is 9.36. The summed E-state index contributed by atoms with van der Waals surface area (Å²) >= 11 is 0. The van der Waals surface area contributed by atoms with Gasteiger partial charge in [-0.1, -0.05) is 0 Å². The van der Waals surface area contributed by atoms with Crippen molar-refractivity contribution in [2.24, 2.45) is 23.5 Å². The molecule has 42 heavy (non-hydrogen) atoms. The highest BCUT2D eigenvalue weighted by Crippen LogP contribution is 2.54. The maximum atomic E-state index is 14.1. The Morgan fingerprint density at radius 1 is 1.12 bits per heavy atom. The number of halogens is 2. The number of allylic oxidation sites excluding steroid dienone is 1. The fraction of sp³-hybridized carbons (Fsp3) is 0.586. The van der Waals surface area contributed by atoms with Crippen LogP contribution in [0, 0.1) is 17.8 Å². The quantitative estimate of drug-likeness (QED) is 0.274. The molecule has 5 rings (SSSR count). The molecule has 7 N–H and O–H groups in total. The number of phenolic OH excluding ortho intramolecular Hbond substituents is 1. The fourth-order valence-electron chi connectivity index (χ4n) is 7.46. The number of hydrogen-bond acceptors (Lipinski definition) is 10. The SMILES string of the molecule is CN(C)c1cc(CN2CCC(F)(F)CC2)c(O)c2c1CC1CC3C(C(=O)C1=C2O)C(O)(O)C(C(N)=O)=C(O)[C@H]3N(C)C. The van der Waals surface area contributed by atoms with Gasteiger partial charge in [-0.3, -0.25) is 19.4 Å². The standard InChI is InChI=1S/C29H38F2N4O7/c1-33(2)17-11-14(12-35-7-5-28(30,31)6-8-35)23(36)19-15(17)9-13-10-16-20(25(38)18(13)24(19)37)29(41,42)21(27(32)40)26(39)22(16)34(3)4/h11,13,16,20,22,36-37,39,41-42H,5-10,12H2,1-4H3,(H2,32,40)/t13?,16?,20?,22-/m0/s1. The number of hydrogen-bond donors (Lipinski definition) is 6. The number of aliphatic hydroxyl groups excluding tert-OH is 2. The zero-order valence-electron chi connectivity index (χ0n) is 24.1. The minimum absolute atomic E-state index is 0.0338. The van der Waals surface area contributed by atoms with Gasteiger partial charge in [-0.2, -0.15) is 0 Å². The number of ketones is 1. The number of benzene rings is 1. The number of aromatic hydroxyl groups is 1. The molecule has 13 heteroatoms. The number of rotatable bonds is 5. The molecule has 0 spiro atoms. The van der Waals surface area contributed by atoms with Crippen molar-refractivity contribution >= 4 is 23.1 Å². The number of aliphatic hydroxyl groups is 4. The predicted octanol–water partition coefficient (Wildman–Crippen LogP) is 1.26. The highest BCUT2D eigenvalue weighted by atomic mass is 19.3. The van der Waals surface area contributed by atoms with Crippen LogP contribution in [0.5, 0.6) is 5.75 Å². The summed E-state index contributed by atoms with van der Waals surface area (Å²) in [4.78, 5) is 31.5. The van der Waals surface area contributed by atoms with E-state index in [9.17, 15) is 43.9 Å². The summed E-state index contributed by atoms with van der Waals surface area (Å²) in [5, 5.41) is 56.2. The molecule has 1 saturated carbocycles. The van der Waals surface area contributed by atoms with Crippen LogP contribution in [-0.4, -0.2) is 106 Å². The van der Waals surface area contributed by atoms with Gasteiger partial charge in [-0.15, -0.1) is 0 Å². The van der Waals surface area contributed by atoms with E-state index >= 15 is 0 Å². The second-order valence-corrected chi connectivity index (χ2v) is 12.4. The maximum absolute atomic E-state index is 14.1. The number of nitrogens with zero attached hydrogens (tertiary/aromatic N) is 3. The molecule has 1 aromatic carbocycles. The van der Waals surface area contributed by atoms with Crippen molar-refractivity contribution in [2.75, 3.05) is 46.2 Å². The van der Waals surface area contributed by atoms with Gasteiger partial charge in [0.25, 0.3) is 11.8 Å². The first kappa shape index (κ1) is 30.2. The highest BCUT2D eigenvalue weighted by Gasteiger charge is 2.62. The van der Waals surface area contributed by atoms with Crippen LogP contribution < -0.4 is 10.6 Å². The van der Waals surface area contributed by atoms with Crippen LogP contribution in [0.3, 0.4) is 0 Å². The molecule has 0 aromatic heterocycles. The first-order valence-corrected chi connectivity index (χ1v) is 13.9. The molecule has 0 radical (unpaired) electrons. The Bertz CT molecular complexity index is 1390. The average Bonchev–Trinajstić information content (AvgIpc) is 2.85. The number of likely N-dealkylation sites (N-methyl/N-ethyl adjacent to an activating group) is 1. The Morgan fingerprint density at radius 3 is 2.29 bits per heavy atom. The maximum Gasteiger partial charge on any atom is 0.253 e. The highest BCUT2D eigenvalue weighted by molar-refractivity contribution is 6.08. The Hall–Kier alpha value is -3.26. The van der Waals surface area contributed by atoms with E-state index in [0.29, 0.717) is 16.8 Å². The molecule has 4 aliphatic rings. The summed E-state index contributed by atoms with van der Waals surface area (Å²) in [5.41, 5.74) is 6.10. The van der Waals surface area contributed by atoms with Gasteiger partial charge in [0, 0.05) is 63.4 Å². The summed E-state index contributed by atoms with van der Waals surface area (Å²) in [6, 6.07) is 0.829. The van der Waals surface area contributed by atoms with E-state index in [2.05, 4.69) is 0 Å². The Morgan fingerprint density at radius 2 is 1.74 bits per heavy atom. The number of carbonyl (C=O) groups is 2. The lowest BCUT2D eigenvalue weighted by molar-refractivity contribution is -0.203. The number of anilines is 1. The zero-order valence-corrected chi connectivity index (χ0v) is 24.1. The molecule has 1 aromatic rings. The Labute approximate surface area is 242 Å². The lowest BCUT2D eigenvalue weighted by atomic mass is 9.58. The molecule has 1 heterocycles. The smallest absolute Gasteiger partial charge is 0.253 e. The van der Waals surface area contributed by atoms with Gasteiger partial charge in [0.1, 0.15) is 22.8 Å². The van der Waals surface area contributed by atoms with Gasteiger partial charge in [0.05, 0.1) is 17.5 Å². The normalized spacial score (nSPS) is 28.8. The molecule has 11 nitrogen and oxygen atoms in total. The summed E-state index contributed by atoms with van der Waals surface area (Å²) in [6.45, 7) is 0.401. The molecule has 2 fully saturated rings. The van der Waals surface area contributed by atoms with E-state index in [0.717, 1.165) is 0 Å². The van der Waals surface area contributed by atoms with Gasteiger partial charge in [-0.25, -0.2) is 8.78 Å². The van der Waals surface area contributed by atoms with Crippen LogP contribution in [0.4, 0.5) is 14.5 Å². The number of primary amides is 1. The van der Waals surface area contributed by atoms with Crippen LogP contribution >= 0.6 is 0 Å². The number of alkyl halides is 2. The molecule has 3 unspecified atom stereocenters. The summed E-state index contributed by atoms with van der Waals surface area (Å²) in [7, 11) is 6.82. The van der Waals surface area contributed by atoms with Crippen LogP contribution in [0.15, 0.2) is 23.0 Å². The molecular formula is C29H38F2N4O7. The van der Waals surface area contributed by atoms with Crippen molar-refractivity contribution in [1.29, 1.82) is 0 Å². The summed E-state index contributed by atoms with van der Waals surface area (Å²) in [5.74, 6) is -12.4. The van der Waals surface area contributed by atoms with E-state index in [1.54, 1.807) is 49.0 Å². The number of fused-ring (bicyclic) bond motifs is 3. The van der Waals surface area contributed by atoms with Gasteiger partial charge < -0.3 is 36.2 Å². The van der Waals surface area contributed by atoms with Crippen molar-refractivity contribution < 1.29 is 43.9 Å². The Kier molecular flexibility index (Phi) is 7.32. The number of Topliss-reactive ketones (excluding diaryl/α,β-unsaturated/α-hetero) is 1. The fourth-order valence-corrected chi connectivity index (χ4v) is 7.46. The lowest BCUT2D eigenvalue weighted by Crippen LogP contribution is -2.62. The molecule has 4 atom stereocenters. The Balaban J connectivity index is 1.62. The molecule has 1 aliphatic heterocycles. The molecule has 230 valence electrons. The second kappa shape index (κ2) is 10.2. The van der Waals surface area contributed by atoms with E-state index in [-0.39, 0.29) is 62.2 Å². The van der Waals surface area contributed by atoms with Crippen LogP contribution in [0.25, 0.3) is 5.76 Å². The summed E-state index contributed by atoms with van der Waals surface area (Å²) in [6.07, 6.45) is -0.238. The van der Waals surface area contributed by atoms with Crippen LogP contribution in [0.1, 0.15) is 36.0 Å². The monoisotopic (exact) mass is 592 g/mol. The minimum atomic E-state index is -3.10. The van der Waals surface area contributed by atoms with Crippen molar-refractivity contribution in [2.45, 2.75) is 50.0 Å². The third-order valence-electron chi connectivity index (χ3n) is 9.36.